The Balaban J connectivity index is 1.22. The monoisotopic (exact) mass is 531 g/mol. The van der Waals surface area contributed by atoms with Crippen LogP contribution in [-0.2, 0) is 19.0 Å². The number of esters is 1. The van der Waals surface area contributed by atoms with Gasteiger partial charge < -0.3 is 34.6 Å². The van der Waals surface area contributed by atoms with Gasteiger partial charge in [0, 0.05) is 24.3 Å². The standard InChI is InChI=1S/C29H41NO8/c1-16-25(33)22(31)12-24(37-16)38-18-3-8-27(15-30)20-4-7-26(2)19(17-11-23(32)36-14-17)6-10-29(26,35)21(20)5-9-28(27,34)13-18/h11,16,18-22,24-25,31,33-35H,3-10,12-14H2,1-2H3/t16-,18-,19+,20+,21+,22+,24+,25-,26-,27+,28-,29+/m1/s1. The Morgan fingerprint density at radius 1 is 1.08 bits per heavy atom. The van der Waals surface area contributed by atoms with Crippen molar-refractivity contribution in [1.29, 1.82) is 5.26 Å². The van der Waals surface area contributed by atoms with Crippen LogP contribution in [0.1, 0.15) is 78.1 Å². The molecule has 12 atom stereocenters. The number of fused-ring (bicyclic) bond motifs is 5. The topological polar surface area (TPSA) is 149 Å². The first kappa shape index (κ1) is 26.7. The molecule has 6 aliphatic rings. The van der Waals surface area contributed by atoms with Crippen LogP contribution in [0.4, 0.5) is 0 Å². The molecule has 0 spiro atoms. The summed E-state index contributed by atoms with van der Waals surface area (Å²) in [5, 5.41) is 55.2. The Hall–Kier alpha value is -1.54. The van der Waals surface area contributed by atoms with Gasteiger partial charge in [0.05, 0.1) is 41.0 Å². The maximum Gasteiger partial charge on any atom is 0.331 e. The van der Waals surface area contributed by atoms with Gasteiger partial charge in [-0.15, -0.1) is 0 Å². The second kappa shape index (κ2) is 8.98. The Bertz CT molecular complexity index is 1050. The fraction of sp³-hybridized carbons (Fsp3) is 0.862. The summed E-state index contributed by atoms with van der Waals surface area (Å²) in [6, 6.07) is 2.59. The summed E-state index contributed by atoms with van der Waals surface area (Å²) >= 11 is 0. The highest BCUT2D eigenvalue weighted by Gasteiger charge is 2.72. The van der Waals surface area contributed by atoms with E-state index in [0.717, 1.165) is 24.8 Å². The van der Waals surface area contributed by atoms with Crippen LogP contribution in [0.3, 0.4) is 0 Å². The number of hydrogen-bond donors (Lipinski definition) is 4. The number of ether oxygens (including phenoxy) is 3. The molecule has 0 aromatic rings. The summed E-state index contributed by atoms with van der Waals surface area (Å²) in [4.78, 5) is 11.8. The van der Waals surface area contributed by atoms with Gasteiger partial charge in [0.15, 0.2) is 6.29 Å². The van der Waals surface area contributed by atoms with Crippen molar-refractivity contribution in [2.75, 3.05) is 6.61 Å². The quantitative estimate of drug-likeness (QED) is 0.317. The molecule has 0 radical (unpaired) electrons. The normalized spacial score (nSPS) is 54.2. The van der Waals surface area contributed by atoms with E-state index in [-0.39, 0.29) is 36.2 Å². The Kier molecular flexibility index (Phi) is 6.31. The average molecular weight is 532 g/mol. The minimum atomic E-state index is -1.24. The van der Waals surface area contributed by atoms with E-state index in [0.29, 0.717) is 45.1 Å². The van der Waals surface area contributed by atoms with E-state index < -0.39 is 46.6 Å². The summed E-state index contributed by atoms with van der Waals surface area (Å²) in [7, 11) is 0. The predicted molar refractivity (Wildman–Crippen MR) is 133 cm³/mol. The van der Waals surface area contributed by atoms with Crippen LogP contribution < -0.4 is 0 Å². The molecule has 9 heteroatoms. The molecule has 2 heterocycles. The SMILES string of the molecule is C[C@H]1O[C@@H](O[C@@H]2CC[C@]3(C#N)[C@H]4CC[C@]5(C)[C@H](C6=CC(=O)OC6)CC[C@]5(O)[C@H]4CC[C@@]3(O)C2)C[C@H](O)[C@@H]1O. The number of carbonyl (C=O) groups is 1. The predicted octanol–water partition coefficient (Wildman–Crippen LogP) is 2.10. The molecule has 4 saturated carbocycles. The smallest absolute Gasteiger partial charge is 0.331 e. The number of aliphatic hydroxyl groups excluding tert-OH is 2. The first-order valence-electron chi connectivity index (χ1n) is 14.4. The van der Waals surface area contributed by atoms with Crippen molar-refractivity contribution in [2.24, 2.45) is 28.6 Å². The molecule has 0 unspecified atom stereocenters. The summed E-state index contributed by atoms with van der Waals surface area (Å²) < 4.78 is 17.2. The van der Waals surface area contributed by atoms with Crippen molar-refractivity contribution in [2.45, 2.75) is 120 Å². The lowest BCUT2D eigenvalue weighted by molar-refractivity contribution is -0.284. The van der Waals surface area contributed by atoms with Gasteiger partial charge in [0.2, 0.25) is 0 Å². The van der Waals surface area contributed by atoms with Gasteiger partial charge >= 0.3 is 5.97 Å². The Labute approximate surface area is 223 Å². The number of nitriles is 1. The van der Waals surface area contributed by atoms with E-state index in [1.165, 1.54) is 0 Å². The molecule has 0 aromatic heterocycles. The largest absolute Gasteiger partial charge is 0.458 e. The number of carbonyl (C=O) groups excluding carboxylic acids is 1. The number of rotatable bonds is 3. The molecule has 9 nitrogen and oxygen atoms in total. The van der Waals surface area contributed by atoms with Gasteiger partial charge in [-0.1, -0.05) is 6.92 Å². The van der Waals surface area contributed by atoms with E-state index in [2.05, 4.69) is 13.0 Å². The maximum absolute atomic E-state index is 12.4. The van der Waals surface area contributed by atoms with E-state index in [9.17, 15) is 30.5 Å². The maximum atomic E-state index is 12.4. The molecule has 210 valence electrons. The zero-order valence-electron chi connectivity index (χ0n) is 22.3. The van der Waals surface area contributed by atoms with Crippen molar-refractivity contribution < 1.29 is 39.4 Å². The van der Waals surface area contributed by atoms with Crippen LogP contribution in [0.15, 0.2) is 11.6 Å². The Morgan fingerprint density at radius 2 is 1.84 bits per heavy atom. The van der Waals surface area contributed by atoms with Crippen molar-refractivity contribution >= 4 is 5.97 Å². The summed E-state index contributed by atoms with van der Waals surface area (Å²) in [6.45, 7) is 4.14. The van der Waals surface area contributed by atoms with Crippen LogP contribution >= 0.6 is 0 Å². The highest BCUT2D eigenvalue weighted by Crippen LogP contribution is 2.70. The lowest BCUT2D eigenvalue weighted by Gasteiger charge is -2.64. The van der Waals surface area contributed by atoms with Crippen LogP contribution in [-0.4, -0.2) is 74.9 Å². The highest BCUT2D eigenvalue weighted by molar-refractivity contribution is 5.85. The van der Waals surface area contributed by atoms with E-state index in [4.69, 9.17) is 14.2 Å². The lowest BCUT2D eigenvalue weighted by atomic mass is 9.41. The minimum Gasteiger partial charge on any atom is -0.458 e. The molecule has 6 rings (SSSR count). The summed E-state index contributed by atoms with van der Waals surface area (Å²) in [5.41, 5.74) is -2.59. The zero-order chi connectivity index (χ0) is 27.1. The number of aliphatic hydroxyl groups is 4. The average Bonchev–Trinajstić information content (AvgIpc) is 3.41. The summed E-state index contributed by atoms with van der Waals surface area (Å²) in [6.07, 6.45) is 3.63. The van der Waals surface area contributed by atoms with E-state index in [1.807, 2.05) is 0 Å². The molecule has 2 aliphatic heterocycles. The second-order valence-electron chi connectivity index (χ2n) is 13.2. The molecule has 0 bridgehead atoms. The zero-order valence-corrected chi connectivity index (χ0v) is 22.3. The van der Waals surface area contributed by atoms with E-state index >= 15 is 0 Å². The van der Waals surface area contributed by atoms with Crippen LogP contribution in [0.5, 0.6) is 0 Å². The van der Waals surface area contributed by atoms with Gasteiger partial charge in [-0.2, -0.15) is 5.26 Å². The molecule has 0 amide bonds. The Morgan fingerprint density at radius 3 is 2.53 bits per heavy atom. The first-order valence-corrected chi connectivity index (χ1v) is 14.4. The second-order valence-corrected chi connectivity index (χ2v) is 13.2. The van der Waals surface area contributed by atoms with Crippen LogP contribution in [0, 0.1) is 39.9 Å². The third kappa shape index (κ3) is 3.60. The fourth-order valence-electron chi connectivity index (χ4n) is 9.69. The molecule has 0 aromatic carbocycles. The molecular formula is C29H41NO8. The molecule has 5 fully saturated rings. The minimum absolute atomic E-state index is 0.0784. The van der Waals surface area contributed by atoms with E-state index in [1.54, 1.807) is 13.0 Å². The third-order valence-corrected chi connectivity index (χ3v) is 11.8. The number of cyclic esters (lactones) is 1. The molecule has 4 aliphatic carbocycles. The number of hydrogen-bond acceptors (Lipinski definition) is 9. The fourth-order valence-corrected chi connectivity index (χ4v) is 9.69. The van der Waals surface area contributed by atoms with Crippen LogP contribution in [0.2, 0.25) is 0 Å². The highest BCUT2D eigenvalue weighted by atomic mass is 16.7. The van der Waals surface area contributed by atoms with Gasteiger partial charge in [0.25, 0.3) is 0 Å². The van der Waals surface area contributed by atoms with Gasteiger partial charge in [-0.25, -0.2) is 4.79 Å². The third-order valence-electron chi connectivity index (χ3n) is 11.8. The van der Waals surface area contributed by atoms with Crippen LogP contribution in [0.25, 0.3) is 0 Å². The summed E-state index contributed by atoms with van der Waals surface area (Å²) in [5.74, 6) is -0.449. The molecule has 1 saturated heterocycles. The van der Waals surface area contributed by atoms with Gasteiger partial charge in [0.1, 0.15) is 12.7 Å². The van der Waals surface area contributed by atoms with Crippen molar-refractivity contribution in [3.05, 3.63) is 11.6 Å². The van der Waals surface area contributed by atoms with Gasteiger partial charge in [-0.3, -0.25) is 0 Å². The number of nitrogens with zero attached hydrogens (tertiary/aromatic N) is 1. The molecule has 38 heavy (non-hydrogen) atoms. The van der Waals surface area contributed by atoms with Crippen molar-refractivity contribution in [3.8, 4) is 6.07 Å². The van der Waals surface area contributed by atoms with Crippen molar-refractivity contribution in [3.63, 3.8) is 0 Å². The first-order chi connectivity index (χ1) is 18.0. The molecular weight excluding hydrogens is 490 g/mol. The van der Waals surface area contributed by atoms with Crippen molar-refractivity contribution in [1.82, 2.24) is 0 Å². The lowest BCUT2D eigenvalue weighted by Crippen LogP contribution is -2.68. The van der Waals surface area contributed by atoms with Gasteiger partial charge in [-0.05, 0) is 81.6 Å². The molecule has 4 N–H and O–H groups in total.